The molecule has 0 saturated carbocycles. The fourth-order valence-electron chi connectivity index (χ4n) is 2.09. The van der Waals surface area contributed by atoms with Gasteiger partial charge in [0.2, 0.25) is 5.91 Å². The number of carbonyl (C=O) groups is 1. The molecule has 3 aromatic rings. The molecule has 3 rings (SSSR count). The topological polar surface area (TPSA) is 78.0 Å². The molecule has 2 aromatic carbocycles. The Balaban J connectivity index is 2.10. The molecule has 0 unspecified atom stereocenters. The van der Waals surface area contributed by atoms with Crippen LogP contribution in [0.25, 0.3) is 22.4 Å². The van der Waals surface area contributed by atoms with Crippen molar-refractivity contribution in [3.05, 3.63) is 42.5 Å². The van der Waals surface area contributed by atoms with Crippen LogP contribution in [0, 0.1) is 0 Å². The van der Waals surface area contributed by atoms with Gasteiger partial charge in [0, 0.05) is 12.6 Å². The smallest absolute Gasteiger partial charge is 0.221 e. The molecule has 100 valence electrons. The maximum atomic E-state index is 11.1. The molecule has 5 heteroatoms. The number of nitrogens with one attached hydrogen (secondary N) is 2. The fourth-order valence-corrected chi connectivity index (χ4v) is 2.09. The van der Waals surface area contributed by atoms with Crippen molar-refractivity contribution in [3.8, 4) is 17.1 Å². The number of amides is 1. The lowest BCUT2D eigenvalue weighted by atomic mass is 10.1. The highest BCUT2D eigenvalue weighted by Gasteiger charge is 2.10. The molecule has 0 bridgehead atoms. The Kier molecular flexibility index (Phi) is 2.87. The lowest BCUT2D eigenvalue weighted by molar-refractivity contribution is -0.114. The first-order valence-corrected chi connectivity index (χ1v) is 6.19. The third-order valence-electron chi connectivity index (χ3n) is 2.96. The molecule has 0 aliphatic rings. The van der Waals surface area contributed by atoms with E-state index in [1.165, 1.54) is 13.0 Å². The molecule has 3 N–H and O–H groups in total. The molecule has 0 aliphatic carbocycles. The maximum Gasteiger partial charge on any atom is 0.221 e. The number of aromatic hydroxyl groups is 1. The van der Waals surface area contributed by atoms with Crippen LogP contribution in [0.15, 0.2) is 42.5 Å². The fraction of sp³-hybridized carbons (Fsp3) is 0.0667. The van der Waals surface area contributed by atoms with Crippen LogP contribution in [-0.4, -0.2) is 21.0 Å². The predicted molar refractivity (Wildman–Crippen MR) is 77.5 cm³/mol. The summed E-state index contributed by atoms with van der Waals surface area (Å²) in [5, 5.41) is 12.7. The molecule has 0 fully saturated rings. The van der Waals surface area contributed by atoms with Gasteiger partial charge in [0.05, 0.1) is 16.6 Å². The van der Waals surface area contributed by atoms with E-state index in [0.717, 1.165) is 11.0 Å². The molecule has 0 aliphatic heterocycles. The number of anilines is 1. The summed E-state index contributed by atoms with van der Waals surface area (Å²) >= 11 is 0. The van der Waals surface area contributed by atoms with Gasteiger partial charge >= 0.3 is 0 Å². The standard InChI is InChI=1S/C15H13N3O2/c1-9(19)16-10-6-7-14(20)11(8-10)15-17-12-4-2-3-5-13(12)18-15/h2-8,20H,1H3,(H,16,19)(H,17,18). The summed E-state index contributed by atoms with van der Waals surface area (Å²) in [6.45, 7) is 1.44. The van der Waals surface area contributed by atoms with Crippen molar-refractivity contribution in [3.63, 3.8) is 0 Å². The average Bonchev–Trinajstić information content (AvgIpc) is 2.84. The normalized spacial score (nSPS) is 10.7. The molecule has 0 spiro atoms. The molecular formula is C15H13N3O2. The summed E-state index contributed by atoms with van der Waals surface area (Å²) in [6, 6.07) is 12.5. The van der Waals surface area contributed by atoms with Crippen molar-refractivity contribution < 1.29 is 9.90 Å². The summed E-state index contributed by atoms with van der Waals surface area (Å²) in [4.78, 5) is 18.7. The molecule has 5 nitrogen and oxygen atoms in total. The number of rotatable bonds is 2. The first-order chi connectivity index (χ1) is 9.63. The number of nitrogens with zero attached hydrogens (tertiary/aromatic N) is 1. The van der Waals surface area contributed by atoms with Gasteiger partial charge in [-0.05, 0) is 30.3 Å². The Morgan fingerprint density at radius 2 is 2.05 bits per heavy atom. The number of phenols is 1. The van der Waals surface area contributed by atoms with Crippen LogP contribution >= 0.6 is 0 Å². The highest BCUT2D eigenvalue weighted by atomic mass is 16.3. The van der Waals surface area contributed by atoms with Crippen LogP contribution in [0.1, 0.15) is 6.92 Å². The van der Waals surface area contributed by atoms with Crippen LogP contribution < -0.4 is 5.32 Å². The summed E-state index contributed by atoms with van der Waals surface area (Å²) < 4.78 is 0. The van der Waals surface area contributed by atoms with Gasteiger partial charge in [0.15, 0.2) is 0 Å². The van der Waals surface area contributed by atoms with Gasteiger partial charge in [-0.25, -0.2) is 4.98 Å². The molecular weight excluding hydrogens is 254 g/mol. The Morgan fingerprint density at radius 3 is 2.80 bits per heavy atom. The molecule has 0 saturated heterocycles. The maximum absolute atomic E-state index is 11.1. The van der Waals surface area contributed by atoms with Gasteiger partial charge in [0.1, 0.15) is 11.6 Å². The van der Waals surface area contributed by atoms with E-state index in [-0.39, 0.29) is 11.7 Å². The van der Waals surface area contributed by atoms with Crippen molar-refractivity contribution in [1.82, 2.24) is 9.97 Å². The zero-order valence-corrected chi connectivity index (χ0v) is 10.8. The van der Waals surface area contributed by atoms with E-state index in [9.17, 15) is 9.90 Å². The number of phenolic OH excluding ortho intramolecular Hbond substituents is 1. The number of hydrogen-bond donors (Lipinski definition) is 3. The van der Waals surface area contributed by atoms with Crippen LogP contribution in [0.2, 0.25) is 0 Å². The monoisotopic (exact) mass is 267 g/mol. The van der Waals surface area contributed by atoms with Gasteiger partial charge in [-0.15, -0.1) is 0 Å². The van der Waals surface area contributed by atoms with Gasteiger partial charge in [-0.3, -0.25) is 4.79 Å². The number of hydrogen-bond acceptors (Lipinski definition) is 3. The minimum Gasteiger partial charge on any atom is -0.507 e. The van der Waals surface area contributed by atoms with E-state index < -0.39 is 0 Å². The zero-order chi connectivity index (χ0) is 14.1. The van der Waals surface area contributed by atoms with Crippen molar-refractivity contribution in [2.24, 2.45) is 0 Å². The Labute approximate surface area is 115 Å². The van der Waals surface area contributed by atoms with E-state index in [1.54, 1.807) is 12.1 Å². The quantitative estimate of drug-likeness (QED) is 0.625. The van der Waals surface area contributed by atoms with Gasteiger partial charge in [-0.1, -0.05) is 12.1 Å². The number of aromatic nitrogens is 2. The number of carbonyl (C=O) groups excluding carboxylic acids is 1. The summed E-state index contributed by atoms with van der Waals surface area (Å²) in [5.74, 6) is 0.514. The molecule has 1 heterocycles. The van der Waals surface area contributed by atoms with E-state index in [1.807, 2.05) is 24.3 Å². The first kappa shape index (κ1) is 12.2. The van der Waals surface area contributed by atoms with Crippen molar-refractivity contribution in [2.45, 2.75) is 6.92 Å². The van der Waals surface area contributed by atoms with Crippen LogP contribution in [0.5, 0.6) is 5.75 Å². The average molecular weight is 267 g/mol. The number of H-pyrrole nitrogens is 1. The highest BCUT2D eigenvalue weighted by Crippen LogP contribution is 2.31. The van der Waals surface area contributed by atoms with Crippen molar-refractivity contribution in [2.75, 3.05) is 5.32 Å². The largest absolute Gasteiger partial charge is 0.507 e. The van der Waals surface area contributed by atoms with Crippen LogP contribution in [-0.2, 0) is 4.79 Å². The highest BCUT2D eigenvalue weighted by molar-refractivity contribution is 5.90. The Hall–Kier alpha value is -2.82. The summed E-state index contributed by atoms with van der Waals surface area (Å²) in [5.41, 5.74) is 2.89. The number of aromatic amines is 1. The minimum atomic E-state index is -0.161. The zero-order valence-electron chi connectivity index (χ0n) is 10.8. The van der Waals surface area contributed by atoms with E-state index in [4.69, 9.17) is 0 Å². The van der Waals surface area contributed by atoms with Gasteiger partial charge < -0.3 is 15.4 Å². The predicted octanol–water partition coefficient (Wildman–Crippen LogP) is 2.89. The lowest BCUT2D eigenvalue weighted by Gasteiger charge is -2.06. The van der Waals surface area contributed by atoms with Gasteiger partial charge in [0.25, 0.3) is 0 Å². The van der Waals surface area contributed by atoms with Crippen molar-refractivity contribution in [1.29, 1.82) is 0 Å². The second-order valence-corrected chi connectivity index (χ2v) is 4.52. The minimum absolute atomic E-state index is 0.109. The number of benzene rings is 2. The molecule has 0 atom stereocenters. The number of imidazole rings is 1. The first-order valence-electron chi connectivity index (χ1n) is 6.19. The molecule has 20 heavy (non-hydrogen) atoms. The molecule has 0 radical (unpaired) electrons. The van der Waals surface area contributed by atoms with Gasteiger partial charge in [-0.2, -0.15) is 0 Å². The van der Waals surface area contributed by atoms with E-state index in [2.05, 4.69) is 15.3 Å². The Bertz CT molecular complexity index is 760. The van der Waals surface area contributed by atoms with E-state index >= 15 is 0 Å². The van der Waals surface area contributed by atoms with Crippen LogP contribution in [0.4, 0.5) is 5.69 Å². The molecule has 1 amide bonds. The Morgan fingerprint density at radius 1 is 1.25 bits per heavy atom. The second-order valence-electron chi connectivity index (χ2n) is 4.52. The molecule has 1 aromatic heterocycles. The lowest BCUT2D eigenvalue weighted by Crippen LogP contribution is -2.05. The van der Waals surface area contributed by atoms with Crippen LogP contribution in [0.3, 0.4) is 0 Å². The third-order valence-corrected chi connectivity index (χ3v) is 2.96. The second kappa shape index (κ2) is 4.70. The summed E-state index contributed by atoms with van der Waals surface area (Å²) in [7, 11) is 0. The number of para-hydroxylation sites is 2. The SMILES string of the molecule is CC(=O)Nc1ccc(O)c(-c2nc3ccccc3[nH]2)c1. The number of fused-ring (bicyclic) bond motifs is 1. The van der Waals surface area contributed by atoms with Crippen molar-refractivity contribution >= 4 is 22.6 Å². The summed E-state index contributed by atoms with van der Waals surface area (Å²) in [6.07, 6.45) is 0. The third kappa shape index (κ3) is 2.21. The van der Waals surface area contributed by atoms with E-state index in [0.29, 0.717) is 17.1 Å².